The average Bonchev–Trinajstić information content (AvgIpc) is 3.15. The summed E-state index contributed by atoms with van der Waals surface area (Å²) in [5.41, 5.74) is 2.27. The topological polar surface area (TPSA) is 63.6 Å². The summed E-state index contributed by atoms with van der Waals surface area (Å²) in [6, 6.07) is 0. The molecule has 3 fully saturated rings. The summed E-state index contributed by atoms with van der Waals surface area (Å²) in [6.07, 6.45) is 16.0. The number of hydrogen-bond donors (Lipinski definition) is 1. The molecule has 4 aliphatic rings. The van der Waals surface area contributed by atoms with Gasteiger partial charge in [-0.1, -0.05) is 65.5 Å². The number of carbonyl (C=O) groups is 2. The van der Waals surface area contributed by atoms with Crippen LogP contribution in [0.25, 0.3) is 0 Å². The number of aliphatic carboxylic acids is 1. The number of fused-ring (bicyclic) bond motifs is 5. The molecular weight excluding hydrogens is 436 g/mol. The minimum absolute atomic E-state index is 0.0236. The molecule has 0 aromatic heterocycles. The van der Waals surface area contributed by atoms with Crippen molar-refractivity contribution in [3.8, 4) is 0 Å². The second-order valence-corrected chi connectivity index (χ2v) is 13.5. The Hall–Kier alpha value is -1.32. The summed E-state index contributed by atoms with van der Waals surface area (Å²) in [5, 5.41) is 8.84. The second kappa shape index (κ2) is 10.6. The van der Waals surface area contributed by atoms with Gasteiger partial charge in [-0.05, 0) is 91.3 Å². The van der Waals surface area contributed by atoms with Crippen molar-refractivity contribution >= 4 is 11.9 Å². The number of esters is 1. The lowest BCUT2D eigenvalue weighted by Gasteiger charge is -2.58. The SMILES string of the molecule is CC(C)CCC[C@H](C)[C@@H]1CC[C@@H]2[C@H]3CC=C4C[C@@H](OC(=O)CCC(=O)O)CC[C@]4(C)[C@@H]3CC[C@]21C. The van der Waals surface area contributed by atoms with Crippen molar-refractivity contribution < 1.29 is 19.4 Å². The molecule has 4 nitrogen and oxygen atoms in total. The molecule has 0 aromatic rings. The second-order valence-electron chi connectivity index (χ2n) is 13.5. The molecule has 0 unspecified atom stereocenters. The third-order valence-corrected chi connectivity index (χ3v) is 11.1. The van der Waals surface area contributed by atoms with Gasteiger partial charge in [0.2, 0.25) is 0 Å². The fourth-order valence-electron chi connectivity index (χ4n) is 9.21. The Morgan fingerprint density at radius 2 is 1.80 bits per heavy atom. The van der Waals surface area contributed by atoms with Crippen molar-refractivity contribution in [2.24, 2.45) is 46.3 Å². The lowest BCUT2D eigenvalue weighted by Crippen LogP contribution is -2.51. The van der Waals surface area contributed by atoms with Gasteiger partial charge in [-0.3, -0.25) is 9.59 Å². The van der Waals surface area contributed by atoms with E-state index < -0.39 is 5.97 Å². The first-order valence-electron chi connectivity index (χ1n) is 14.7. The van der Waals surface area contributed by atoms with Gasteiger partial charge in [0, 0.05) is 6.42 Å². The highest BCUT2D eigenvalue weighted by molar-refractivity contribution is 5.76. The molecule has 198 valence electrons. The number of carboxylic acids is 1. The number of carbonyl (C=O) groups excluding carboxylic acids is 1. The molecule has 1 N–H and O–H groups in total. The number of allylic oxidation sites excluding steroid dienone is 1. The summed E-state index contributed by atoms with van der Waals surface area (Å²) in [5.74, 6) is 3.68. The number of rotatable bonds is 9. The van der Waals surface area contributed by atoms with Crippen LogP contribution < -0.4 is 0 Å². The van der Waals surface area contributed by atoms with Gasteiger partial charge in [0.15, 0.2) is 0 Å². The van der Waals surface area contributed by atoms with Crippen LogP contribution in [0.4, 0.5) is 0 Å². The van der Waals surface area contributed by atoms with Crippen LogP contribution in [0, 0.1) is 46.3 Å². The lowest BCUT2D eigenvalue weighted by atomic mass is 9.47. The molecule has 0 radical (unpaired) electrons. The molecule has 0 aromatic carbocycles. The first kappa shape index (κ1) is 26.7. The summed E-state index contributed by atoms with van der Waals surface area (Å²) in [7, 11) is 0. The predicted octanol–water partition coefficient (Wildman–Crippen LogP) is 7.80. The van der Waals surface area contributed by atoms with Crippen molar-refractivity contribution in [3.05, 3.63) is 11.6 Å². The predicted molar refractivity (Wildman–Crippen MR) is 140 cm³/mol. The van der Waals surface area contributed by atoms with E-state index in [0.29, 0.717) is 5.41 Å². The van der Waals surface area contributed by atoms with Crippen LogP contribution >= 0.6 is 0 Å². The van der Waals surface area contributed by atoms with E-state index in [9.17, 15) is 9.59 Å². The van der Waals surface area contributed by atoms with E-state index in [4.69, 9.17) is 9.84 Å². The van der Waals surface area contributed by atoms with Gasteiger partial charge < -0.3 is 9.84 Å². The van der Waals surface area contributed by atoms with E-state index in [1.165, 1.54) is 56.9 Å². The van der Waals surface area contributed by atoms with Gasteiger partial charge >= 0.3 is 11.9 Å². The third kappa shape index (κ3) is 5.37. The molecule has 3 saturated carbocycles. The van der Waals surface area contributed by atoms with Gasteiger partial charge in [0.1, 0.15) is 6.10 Å². The molecule has 8 atom stereocenters. The molecule has 0 aliphatic heterocycles. The molecule has 0 spiro atoms. The number of hydrogen-bond acceptors (Lipinski definition) is 3. The van der Waals surface area contributed by atoms with Gasteiger partial charge in [-0.25, -0.2) is 0 Å². The van der Waals surface area contributed by atoms with Crippen LogP contribution in [-0.2, 0) is 14.3 Å². The van der Waals surface area contributed by atoms with Crippen LogP contribution in [0.5, 0.6) is 0 Å². The molecular formula is C31H50O4. The molecule has 4 aliphatic carbocycles. The Morgan fingerprint density at radius 3 is 2.51 bits per heavy atom. The van der Waals surface area contributed by atoms with Crippen molar-refractivity contribution in [1.82, 2.24) is 0 Å². The Kier molecular flexibility index (Phi) is 8.08. The summed E-state index contributed by atoms with van der Waals surface area (Å²) < 4.78 is 5.70. The van der Waals surface area contributed by atoms with Crippen LogP contribution in [0.2, 0.25) is 0 Å². The summed E-state index contributed by atoms with van der Waals surface area (Å²) in [4.78, 5) is 22.9. The summed E-state index contributed by atoms with van der Waals surface area (Å²) in [6.45, 7) is 12.4. The van der Waals surface area contributed by atoms with Gasteiger partial charge in [-0.2, -0.15) is 0 Å². The monoisotopic (exact) mass is 486 g/mol. The molecule has 4 rings (SSSR count). The lowest BCUT2D eigenvalue weighted by molar-refractivity contribution is -0.154. The first-order chi connectivity index (χ1) is 16.5. The molecule has 0 heterocycles. The Morgan fingerprint density at radius 1 is 1.03 bits per heavy atom. The minimum Gasteiger partial charge on any atom is -0.481 e. The maximum Gasteiger partial charge on any atom is 0.306 e. The van der Waals surface area contributed by atoms with Gasteiger partial charge in [0.05, 0.1) is 12.8 Å². The van der Waals surface area contributed by atoms with Crippen molar-refractivity contribution in [3.63, 3.8) is 0 Å². The molecule has 35 heavy (non-hydrogen) atoms. The Balaban J connectivity index is 1.40. The maximum atomic E-state index is 12.1. The molecule has 0 saturated heterocycles. The van der Waals surface area contributed by atoms with Crippen LogP contribution in [0.1, 0.15) is 118 Å². The fraction of sp³-hybridized carbons (Fsp3) is 0.871. The quantitative estimate of drug-likeness (QED) is 0.267. The number of ether oxygens (including phenoxy) is 1. The van der Waals surface area contributed by atoms with E-state index >= 15 is 0 Å². The largest absolute Gasteiger partial charge is 0.481 e. The Bertz CT molecular complexity index is 815. The fourth-order valence-corrected chi connectivity index (χ4v) is 9.21. The van der Waals surface area contributed by atoms with Crippen LogP contribution in [0.15, 0.2) is 11.6 Å². The molecule has 0 amide bonds. The van der Waals surface area contributed by atoms with Gasteiger partial charge in [0.25, 0.3) is 0 Å². The summed E-state index contributed by atoms with van der Waals surface area (Å²) >= 11 is 0. The number of carboxylic acid groups (broad SMARTS) is 1. The maximum absolute atomic E-state index is 12.1. The highest BCUT2D eigenvalue weighted by Crippen LogP contribution is 2.67. The minimum atomic E-state index is -0.942. The Labute approximate surface area is 213 Å². The van der Waals surface area contributed by atoms with Crippen LogP contribution in [-0.4, -0.2) is 23.1 Å². The smallest absolute Gasteiger partial charge is 0.306 e. The third-order valence-electron chi connectivity index (χ3n) is 11.1. The standard InChI is InChI=1S/C31H50O4/c1-20(2)7-6-8-21(3)25-11-12-26-24-10-9-22-19-23(35-29(34)14-13-28(32)33)15-17-30(22,4)27(24)16-18-31(25,26)5/h9,20-21,23-27H,6-8,10-19H2,1-5H3,(H,32,33)/t21-,23-,24+,25-,26+,27+,30-,31-/m0/s1. The highest BCUT2D eigenvalue weighted by atomic mass is 16.5. The molecule has 0 bridgehead atoms. The van der Waals surface area contributed by atoms with Gasteiger partial charge in [-0.15, -0.1) is 0 Å². The van der Waals surface area contributed by atoms with Crippen molar-refractivity contribution in [2.45, 2.75) is 124 Å². The van der Waals surface area contributed by atoms with E-state index in [1.807, 2.05) is 0 Å². The van der Waals surface area contributed by atoms with E-state index in [-0.39, 0.29) is 30.3 Å². The molecule has 4 heteroatoms. The normalized spacial score (nSPS) is 39.3. The first-order valence-corrected chi connectivity index (χ1v) is 14.7. The highest BCUT2D eigenvalue weighted by Gasteiger charge is 2.59. The average molecular weight is 487 g/mol. The zero-order valence-corrected chi connectivity index (χ0v) is 23.0. The van der Waals surface area contributed by atoms with Crippen molar-refractivity contribution in [2.75, 3.05) is 0 Å². The van der Waals surface area contributed by atoms with E-state index in [1.54, 1.807) is 0 Å². The van der Waals surface area contributed by atoms with Crippen molar-refractivity contribution in [1.29, 1.82) is 0 Å². The van der Waals surface area contributed by atoms with E-state index in [2.05, 4.69) is 40.7 Å². The zero-order chi connectivity index (χ0) is 25.4. The van der Waals surface area contributed by atoms with E-state index in [0.717, 1.165) is 54.8 Å². The zero-order valence-electron chi connectivity index (χ0n) is 23.0. The van der Waals surface area contributed by atoms with Crippen LogP contribution in [0.3, 0.4) is 0 Å².